The van der Waals surface area contributed by atoms with Crippen molar-refractivity contribution in [1.29, 1.82) is 5.26 Å². The molecule has 1 saturated heterocycles. The van der Waals surface area contributed by atoms with Gasteiger partial charge in [-0.1, -0.05) is 13.3 Å². The second-order valence-corrected chi connectivity index (χ2v) is 10.0. The topological polar surface area (TPSA) is 92.0 Å². The summed E-state index contributed by atoms with van der Waals surface area (Å²) >= 11 is 0. The number of nitrogens with zero attached hydrogens (tertiary/aromatic N) is 8. The molecule has 0 bridgehead atoms. The van der Waals surface area contributed by atoms with Crippen LogP contribution in [-0.4, -0.2) is 94.3 Å². The number of piperazine rings is 1. The first-order chi connectivity index (χ1) is 17.0. The van der Waals surface area contributed by atoms with Crippen LogP contribution in [0.5, 0.6) is 0 Å². The number of aliphatic imine (C=N–C) groups is 1. The summed E-state index contributed by atoms with van der Waals surface area (Å²) in [5.74, 6) is 2.33. The number of nitriles is 1. The van der Waals surface area contributed by atoms with Gasteiger partial charge in [-0.3, -0.25) is 19.7 Å². The van der Waals surface area contributed by atoms with Gasteiger partial charge in [-0.25, -0.2) is 15.0 Å². The van der Waals surface area contributed by atoms with Crippen molar-refractivity contribution < 1.29 is 4.79 Å². The molecular formula is C26H38N8O. The lowest BCUT2D eigenvalue weighted by molar-refractivity contribution is -0.104. The van der Waals surface area contributed by atoms with Crippen molar-refractivity contribution in [2.24, 2.45) is 4.99 Å². The third-order valence-electron chi connectivity index (χ3n) is 7.31. The van der Waals surface area contributed by atoms with Crippen molar-refractivity contribution in [3.8, 4) is 6.07 Å². The number of hydrogen-bond donors (Lipinski definition) is 0. The highest BCUT2D eigenvalue weighted by molar-refractivity contribution is 6.01. The van der Waals surface area contributed by atoms with Crippen LogP contribution in [0.2, 0.25) is 0 Å². The Labute approximate surface area is 209 Å². The number of rotatable bonds is 10. The summed E-state index contributed by atoms with van der Waals surface area (Å²) in [6, 6.07) is 2.65. The normalized spacial score (nSPS) is 24.5. The minimum atomic E-state index is -0.0861. The van der Waals surface area contributed by atoms with Crippen molar-refractivity contribution >= 4 is 12.1 Å². The minimum absolute atomic E-state index is 0.0861. The highest BCUT2D eigenvalue weighted by atomic mass is 16.1. The number of aldehydes is 1. The predicted octanol–water partition coefficient (Wildman–Crippen LogP) is 2.76. The van der Waals surface area contributed by atoms with Gasteiger partial charge in [0.25, 0.3) is 0 Å². The number of hydrogen-bond acceptors (Lipinski definition) is 9. The molecule has 9 nitrogen and oxygen atoms in total. The van der Waals surface area contributed by atoms with Gasteiger partial charge in [-0.05, 0) is 26.2 Å². The fraction of sp³-hybridized carbons (Fsp3) is 0.654. The van der Waals surface area contributed by atoms with Crippen LogP contribution in [0, 0.1) is 11.3 Å². The zero-order valence-corrected chi connectivity index (χ0v) is 21.5. The molecule has 35 heavy (non-hydrogen) atoms. The average Bonchev–Trinajstić information content (AvgIpc) is 3.62. The lowest BCUT2D eigenvalue weighted by atomic mass is 10.0. The maximum atomic E-state index is 11.7. The quantitative estimate of drug-likeness (QED) is 0.374. The van der Waals surface area contributed by atoms with Gasteiger partial charge in [0.15, 0.2) is 5.84 Å². The van der Waals surface area contributed by atoms with Gasteiger partial charge in [0.05, 0.1) is 30.8 Å². The molecule has 2 aliphatic heterocycles. The van der Waals surface area contributed by atoms with E-state index in [1.54, 1.807) is 6.08 Å². The number of carbonyl (C=O) groups is 1. The Hall–Kier alpha value is -2.83. The van der Waals surface area contributed by atoms with Gasteiger partial charge in [0, 0.05) is 75.8 Å². The highest BCUT2D eigenvalue weighted by Gasteiger charge is 2.36. The number of aromatic nitrogens is 2. The van der Waals surface area contributed by atoms with Gasteiger partial charge < -0.3 is 4.90 Å². The van der Waals surface area contributed by atoms with E-state index >= 15 is 0 Å². The maximum absolute atomic E-state index is 11.7. The summed E-state index contributed by atoms with van der Waals surface area (Å²) < 4.78 is 0. The molecule has 1 aromatic rings. The standard InChI is InChI=1S/C26H38N8O/c1-5-6-23-18-32(19(2)21-15-28-25(29-16-21)20-7-8-20)12-13-33(23)24(10-14-35)26-30-22(9-11-27)17-34(26)31(3)4/h10,14-16,19-20,22-23H,5-9,12-13,17-18H2,1-4H3/b24-10+. The second kappa shape index (κ2) is 11.3. The van der Waals surface area contributed by atoms with Crippen molar-refractivity contribution in [3.05, 3.63) is 35.6 Å². The summed E-state index contributed by atoms with van der Waals surface area (Å²) in [5.41, 5.74) is 2.01. The van der Waals surface area contributed by atoms with Crippen LogP contribution >= 0.6 is 0 Å². The van der Waals surface area contributed by atoms with Crippen molar-refractivity contribution in [2.45, 2.75) is 70.0 Å². The van der Waals surface area contributed by atoms with Crippen LogP contribution in [0.25, 0.3) is 0 Å². The van der Waals surface area contributed by atoms with E-state index < -0.39 is 0 Å². The molecule has 3 aliphatic rings. The van der Waals surface area contributed by atoms with Gasteiger partial charge in [0.2, 0.25) is 0 Å². The molecule has 188 valence electrons. The Kier molecular flexibility index (Phi) is 8.14. The Morgan fingerprint density at radius 2 is 2.00 bits per heavy atom. The van der Waals surface area contributed by atoms with E-state index in [1.807, 2.05) is 31.5 Å². The summed E-state index contributed by atoms with van der Waals surface area (Å²) in [5, 5.41) is 13.3. The van der Waals surface area contributed by atoms with Gasteiger partial charge in [-0.15, -0.1) is 0 Å². The zero-order chi connectivity index (χ0) is 24.9. The first-order valence-electron chi connectivity index (χ1n) is 12.8. The fourth-order valence-electron chi connectivity index (χ4n) is 5.15. The smallest absolute Gasteiger partial charge is 0.162 e. The molecule has 9 heteroatoms. The molecule has 2 fully saturated rings. The van der Waals surface area contributed by atoms with Crippen molar-refractivity contribution in [2.75, 3.05) is 40.3 Å². The van der Waals surface area contributed by atoms with Crippen LogP contribution in [0.3, 0.4) is 0 Å². The van der Waals surface area contributed by atoms with Gasteiger partial charge >= 0.3 is 0 Å². The van der Waals surface area contributed by atoms with Crippen LogP contribution in [0.4, 0.5) is 0 Å². The van der Waals surface area contributed by atoms with Crippen LogP contribution in [0.15, 0.2) is 29.2 Å². The first kappa shape index (κ1) is 25.3. The van der Waals surface area contributed by atoms with E-state index in [9.17, 15) is 10.1 Å². The van der Waals surface area contributed by atoms with Crippen molar-refractivity contribution in [3.63, 3.8) is 0 Å². The SMILES string of the molecule is CCCC1CN(C(C)c2cnc(C3CC3)nc2)CCN1/C(=C/C=O)C1=NC(CC#N)CN1N(C)C. The van der Waals surface area contributed by atoms with E-state index in [4.69, 9.17) is 4.99 Å². The average molecular weight is 479 g/mol. The van der Waals surface area contributed by atoms with Crippen molar-refractivity contribution in [1.82, 2.24) is 29.8 Å². The lowest BCUT2D eigenvalue weighted by Crippen LogP contribution is -2.55. The molecule has 0 aromatic carbocycles. The van der Waals surface area contributed by atoms with Gasteiger partial charge in [0.1, 0.15) is 12.1 Å². The molecule has 1 saturated carbocycles. The Morgan fingerprint density at radius 1 is 1.26 bits per heavy atom. The molecule has 3 heterocycles. The molecule has 0 amide bonds. The molecule has 1 aliphatic carbocycles. The molecule has 4 rings (SSSR count). The Bertz CT molecular complexity index is 978. The van der Waals surface area contributed by atoms with E-state index in [0.717, 1.165) is 61.7 Å². The van der Waals surface area contributed by atoms with E-state index in [-0.39, 0.29) is 18.1 Å². The molecule has 1 aromatic heterocycles. The molecular weight excluding hydrogens is 440 g/mol. The van der Waals surface area contributed by atoms with Crippen LogP contribution in [0.1, 0.15) is 69.3 Å². The maximum Gasteiger partial charge on any atom is 0.162 e. The molecule has 0 spiro atoms. The zero-order valence-electron chi connectivity index (χ0n) is 21.5. The van der Waals surface area contributed by atoms with Crippen LogP contribution < -0.4 is 0 Å². The third-order valence-corrected chi connectivity index (χ3v) is 7.31. The largest absolute Gasteiger partial charge is 0.363 e. The summed E-state index contributed by atoms with van der Waals surface area (Å²) in [7, 11) is 3.95. The van der Waals surface area contributed by atoms with Crippen LogP contribution in [-0.2, 0) is 4.79 Å². The van der Waals surface area contributed by atoms with Gasteiger partial charge in [-0.2, -0.15) is 5.26 Å². The number of hydrazine groups is 1. The van der Waals surface area contributed by atoms with E-state index in [0.29, 0.717) is 18.9 Å². The third kappa shape index (κ3) is 5.71. The van der Waals surface area contributed by atoms with E-state index in [2.05, 4.69) is 44.7 Å². The fourth-order valence-corrected chi connectivity index (χ4v) is 5.15. The summed E-state index contributed by atoms with van der Waals surface area (Å²) in [6.45, 7) is 7.66. The number of allylic oxidation sites excluding steroid dienone is 1. The lowest BCUT2D eigenvalue weighted by Gasteiger charge is -2.46. The minimum Gasteiger partial charge on any atom is -0.363 e. The number of amidine groups is 1. The summed E-state index contributed by atoms with van der Waals surface area (Å²) in [6.07, 6.45) is 11.4. The first-order valence-corrected chi connectivity index (χ1v) is 12.8. The molecule has 0 N–H and O–H groups in total. The second-order valence-electron chi connectivity index (χ2n) is 10.0. The predicted molar refractivity (Wildman–Crippen MR) is 135 cm³/mol. The van der Waals surface area contributed by atoms with E-state index in [1.165, 1.54) is 12.8 Å². The summed E-state index contributed by atoms with van der Waals surface area (Å²) in [4.78, 5) is 30.7. The molecule has 3 atom stereocenters. The highest BCUT2D eigenvalue weighted by Crippen LogP contribution is 2.38. The Morgan fingerprint density at radius 3 is 2.60 bits per heavy atom. The number of carbonyl (C=O) groups excluding carboxylic acids is 1. The Balaban J connectivity index is 1.53. The molecule has 0 radical (unpaired) electrons. The molecule has 3 unspecified atom stereocenters. The monoisotopic (exact) mass is 478 g/mol.